The van der Waals surface area contributed by atoms with Gasteiger partial charge in [0.15, 0.2) is 0 Å². The second-order valence-corrected chi connectivity index (χ2v) is 9.34. The first kappa shape index (κ1) is 36.7. The first-order valence-corrected chi connectivity index (χ1v) is 13.0. The highest BCUT2D eigenvalue weighted by Crippen LogP contribution is 2.51. The molecule has 0 aliphatic rings. The number of carbonyl (C=O) groups excluding carboxylic acids is 1. The first-order valence-electron chi connectivity index (χ1n) is 13.0. The Balaban J connectivity index is 4.25. The van der Waals surface area contributed by atoms with Gasteiger partial charge >= 0.3 is 30.2 Å². The number of rotatable bonds is 21. The minimum Gasteiger partial charge on any atom is -0.351 e. The van der Waals surface area contributed by atoms with Crippen molar-refractivity contribution in [1.29, 1.82) is 0 Å². The Morgan fingerprint density at radius 3 is 1.21 bits per heavy atom. The third-order valence-corrected chi connectivity index (χ3v) is 5.96. The Morgan fingerprint density at radius 2 is 0.895 bits per heavy atom. The second-order valence-electron chi connectivity index (χ2n) is 9.34. The van der Waals surface area contributed by atoms with Crippen molar-refractivity contribution in [3.8, 4) is 0 Å². The Bertz CT molecular complexity index is 654. The SMILES string of the molecule is CCCCCCCCCCCCCCCCCCNC(=O)C(F)(OC(F)(F)C(F)(F)C(F)(F)F)C(F)(F)F. The number of amides is 1. The molecule has 228 valence electrons. The summed E-state index contributed by atoms with van der Waals surface area (Å²) >= 11 is 0. The molecule has 0 fully saturated rings. The molecule has 0 aromatic heterocycles. The normalized spacial score (nSPS) is 14.9. The summed E-state index contributed by atoms with van der Waals surface area (Å²) in [4.78, 5) is 11.5. The molecule has 38 heavy (non-hydrogen) atoms. The monoisotopic (exact) mass is 581 g/mol. The van der Waals surface area contributed by atoms with Crippen LogP contribution in [-0.4, -0.2) is 42.7 Å². The summed E-state index contributed by atoms with van der Waals surface area (Å²) in [6, 6.07) is 0. The minimum absolute atomic E-state index is 0.00691. The van der Waals surface area contributed by atoms with Crippen molar-refractivity contribution in [1.82, 2.24) is 5.32 Å². The van der Waals surface area contributed by atoms with Crippen LogP contribution in [0, 0.1) is 0 Å². The summed E-state index contributed by atoms with van der Waals surface area (Å²) in [6.45, 7) is 1.51. The largest absolute Gasteiger partial charge is 0.462 e. The summed E-state index contributed by atoms with van der Waals surface area (Å²) < 4.78 is 143. The molecule has 0 aromatic rings. The van der Waals surface area contributed by atoms with E-state index in [0.29, 0.717) is 12.8 Å². The fraction of sp³-hybridized carbons (Fsp3) is 0.958. The van der Waals surface area contributed by atoms with E-state index in [9.17, 15) is 53.1 Å². The molecule has 0 saturated heterocycles. The van der Waals surface area contributed by atoms with Crippen LogP contribution in [0.5, 0.6) is 0 Å². The highest BCUT2D eigenvalue weighted by atomic mass is 19.4. The van der Waals surface area contributed by atoms with Crippen LogP contribution in [0.25, 0.3) is 0 Å². The number of halogens is 11. The van der Waals surface area contributed by atoms with Gasteiger partial charge in [-0.1, -0.05) is 103 Å². The molecule has 0 spiro atoms. The van der Waals surface area contributed by atoms with Crippen molar-refractivity contribution >= 4 is 5.91 Å². The molecule has 0 heterocycles. The van der Waals surface area contributed by atoms with Gasteiger partial charge < -0.3 is 5.32 Å². The third kappa shape index (κ3) is 12.2. The molecule has 0 aliphatic heterocycles. The van der Waals surface area contributed by atoms with Crippen molar-refractivity contribution < 1.29 is 57.8 Å². The number of nitrogens with one attached hydrogen (secondary N) is 1. The molecule has 0 radical (unpaired) electrons. The molecule has 0 rings (SSSR count). The van der Waals surface area contributed by atoms with Gasteiger partial charge in [-0.3, -0.25) is 9.53 Å². The first-order chi connectivity index (χ1) is 17.4. The second kappa shape index (κ2) is 16.7. The van der Waals surface area contributed by atoms with Crippen molar-refractivity contribution in [2.24, 2.45) is 0 Å². The lowest BCUT2D eigenvalue weighted by molar-refractivity contribution is -0.472. The van der Waals surface area contributed by atoms with Gasteiger partial charge in [-0.05, 0) is 6.42 Å². The maximum absolute atomic E-state index is 14.1. The van der Waals surface area contributed by atoms with Gasteiger partial charge in [0.2, 0.25) is 0 Å². The number of unbranched alkanes of at least 4 members (excludes halogenated alkanes) is 15. The van der Waals surface area contributed by atoms with Crippen LogP contribution in [0.2, 0.25) is 0 Å². The number of carbonyl (C=O) groups is 1. The Kier molecular flexibility index (Phi) is 16.1. The molecule has 0 bridgehead atoms. The van der Waals surface area contributed by atoms with Gasteiger partial charge in [0.1, 0.15) is 0 Å². The lowest BCUT2D eigenvalue weighted by Crippen LogP contribution is -2.63. The van der Waals surface area contributed by atoms with Crippen LogP contribution < -0.4 is 5.32 Å². The van der Waals surface area contributed by atoms with Gasteiger partial charge in [0.05, 0.1) is 0 Å². The van der Waals surface area contributed by atoms with Gasteiger partial charge in [-0.15, -0.1) is 0 Å². The van der Waals surface area contributed by atoms with Gasteiger partial charge in [-0.25, -0.2) is 0 Å². The van der Waals surface area contributed by atoms with Crippen LogP contribution in [0.1, 0.15) is 110 Å². The van der Waals surface area contributed by atoms with Gasteiger partial charge in [0, 0.05) is 6.54 Å². The van der Waals surface area contributed by atoms with Crippen molar-refractivity contribution in [3.05, 3.63) is 0 Å². The average molecular weight is 582 g/mol. The summed E-state index contributed by atoms with van der Waals surface area (Å²) in [7, 11) is 0. The fourth-order valence-electron chi connectivity index (χ4n) is 3.63. The molecule has 0 aromatic carbocycles. The molecule has 1 amide bonds. The molecule has 1 N–H and O–H groups in total. The lowest BCUT2D eigenvalue weighted by atomic mass is 10.0. The Hall–Kier alpha value is -1.34. The highest BCUT2D eigenvalue weighted by molar-refractivity contribution is 5.84. The van der Waals surface area contributed by atoms with E-state index in [1.54, 1.807) is 0 Å². The van der Waals surface area contributed by atoms with E-state index in [1.165, 1.54) is 56.7 Å². The summed E-state index contributed by atoms with van der Waals surface area (Å²) in [5.74, 6) is -16.3. The molecular weight excluding hydrogens is 543 g/mol. The van der Waals surface area contributed by atoms with E-state index in [0.717, 1.165) is 32.1 Å². The Morgan fingerprint density at radius 1 is 0.553 bits per heavy atom. The predicted molar refractivity (Wildman–Crippen MR) is 119 cm³/mol. The maximum atomic E-state index is 14.1. The minimum atomic E-state index is -7.20. The van der Waals surface area contributed by atoms with Crippen LogP contribution in [0.4, 0.5) is 48.3 Å². The Labute approximate surface area is 216 Å². The standard InChI is InChI=1S/C24H38F11NO2/c1-2-3-4-5-6-7-8-9-10-11-12-13-14-15-16-17-18-36-19(37)20(25,22(28,29)30)38-24(34,35)21(26,27)23(31,32)33/h2-18H2,1H3,(H,36,37). The van der Waals surface area contributed by atoms with Crippen molar-refractivity contribution in [2.75, 3.05) is 6.54 Å². The topological polar surface area (TPSA) is 38.3 Å². The average Bonchev–Trinajstić information content (AvgIpc) is 2.79. The molecule has 3 nitrogen and oxygen atoms in total. The maximum Gasteiger partial charge on any atom is 0.462 e. The van der Waals surface area contributed by atoms with Crippen LogP contribution in [-0.2, 0) is 9.53 Å². The summed E-state index contributed by atoms with van der Waals surface area (Å²) in [6.07, 6.45) is -4.98. The molecule has 0 aliphatic carbocycles. The molecule has 14 heteroatoms. The van der Waals surface area contributed by atoms with Crippen molar-refractivity contribution in [3.63, 3.8) is 0 Å². The molecule has 1 atom stereocenters. The molecular formula is C24H38F11NO2. The number of ether oxygens (including phenoxy) is 1. The smallest absolute Gasteiger partial charge is 0.351 e. The van der Waals surface area contributed by atoms with Gasteiger partial charge in [0.25, 0.3) is 5.91 Å². The van der Waals surface area contributed by atoms with Crippen LogP contribution >= 0.6 is 0 Å². The highest BCUT2D eigenvalue weighted by Gasteiger charge is 2.79. The zero-order valence-corrected chi connectivity index (χ0v) is 21.5. The lowest BCUT2D eigenvalue weighted by Gasteiger charge is -2.34. The van der Waals surface area contributed by atoms with E-state index in [1.807, 2.05) is 0 Å². The fourth-order valence-corrected chi connectivity index (χ4v) is 3.63. The molecule has 0 saturated carbocycles. The van der Waals surface area contributed by atoms with E-state index < -0.39 is 42.7 Å². The zero-order valence-electron chi connectivity index (χ0n) is 21.5. The van der Waals surface area contributed by atoms with Crippen LogP contribution in [0.3, 0.4) is 0 Å². The number of hydrogen-bond acceptors (Lipinski definition) is 2. The predicted octanol–water partition coefficient (Wildman–Crippen LogP) is 9.40. The zero-order chi connectivity index (χ0) is 29.5. The number of hydrogen-bond donors (Lipinski definition) is 1. The van der Waals surface area contributed by atoms with E-state index in [2.05, 4.69) is 11.7 Å². The number of alkyl halides is 11. The van der Waals surface area contributed by atoms with Crippen molar-refractivity contribution in [2.45, 2.75) is 140 Å². The summed E-state index contributed by atoms with van der Waals surface area (Å²) in [5.41, 5.74) is 0. The summed E-state index contributed by atoms with van der Waals surface area (Å²) in [5, 5.41) is 1.27. The third-order valence-electron chi connectivity index (χ3n) is 5.96. The van der Waals surface area contributed by atoms with E-state index in [4.69, 9.17) is 0 Å². The quantitative estimate of drug-likeness (QED) is 0.108. The van der Waals surface area contributed by atoms with E-state index in [-0.39, 0.29) is 6.42 Å². The van der Waals surface area contributed by atoms with E-state index >= 15 is 0 Å². The van der Waals surface area contributed by atoms with Gasteiger partial charge in [-0.2, -0.15) is 48.3 Å². The molecule has 1 unspecified atom stereocenters. The van der Waals surface area contributed by atoms with Crippen LogP contribution in [0.15, 0.2) is 0 Å².